The number of fused-ring (bicyclic) bond motifs is 1. The highest BCUT2D eigenvalue weighted by Gasteiger charge is 2.34. The van der Waals surface area contributed by atoms with Crippen LogP contribution in [-0.4, -0.2) is 27.5 Å². The first kappa shape index (κ1) is 17.8. The van der Waals surface area contributed by atoms with Gasteiger partial charge in [-0.25, -0.2) is 0 Å². The molecule has 1 N–H and O–H groups in total. The maximum Gasteiger partial charge on any atom is 0.227 e. The molecule has 142 valence electrons. The summed E-state index contributed by atoms with van der Waals surface area (Å²) in [5.74, 6) is 1.01. The van der Waals surface area contributed by atoms with Crippen LogP contribution in [-0.2, 0) is 11.2 Å². The van der Waals surface area contributed by atoms with E-state index in [0.29, 0.717) is 6.42 Å². The van der Waals surface area contributed by atoms with Gasteiger partial charge in [0.2, 0.25) is 5.91 Å². The van der Waals surface area contributed by atoms with Gasteiger partial charge in [-0.15, -0.1) is 0 Å². The maximum atomic E-state index is 13.3. The molecular formula is C22H27N3O2. The molecule has 2 aromatic heterocycles. The summed E-state index contributed by atoms with van der Waals surface area (Å²) in [6, 6.07) is 4.35. The Morgan fingerprint density at radius 3 is 2.67 bits per heavy atom. The normalized spacial score (nSPS) is 17.2. The molecule has 3 aromatic rings. The van der Waals surface area contributed by atoms with E-state index < -0.39 is 0 Å². The van der Waals surface area contributed by atoms with E-state index in [1.165, 1.54) is 16.5 Å². The molecule has 0 aliphatic carbocycles. The Morgan fingerprint density at radius 1 is 1.22 bits per heavy atom. The first-order valence-electron chi connectivity index (χ1n) is 9.68. The molecule has 1 atom stereocenters. The highest BCUT2D eigenvalue weighted by molar-refractivity contribution is 5.94. The van der Waals surface area contributed by atoms with Gasteiger partial charge in [-0.05, 0) is 64.2 Å². The Labute approximate surface area is 159 Å². The van der Waals surface area contributed by atoms with E-state index in [-0.39, 0.29) is 11.9 Å². The molecule has 0 radical (unpaired) electrons. The number of benzene rings is 1. The first-order valence-corrected chi connectivity index (χ1v) is 9.68. The number of nitrogens with one attached hydrogen (secondary N) is 1. The topological polar surface area (TPSA) is 62.1 Å². The minimum absolute atomic E-state index is 0.0806. The molecular weight excluding hydrogens is 338 g/mol. The van der Waals surface area contributed by atoms with Crippen molar-refractivity contribution in [3.8, 4) is 0 Å². The number of rotatable bonds is 3. The van der Waals surface area contributed by atoms with Gasteiger partial charge in [-0.3, -0.25) is 4.79 Å². The number of nitrogens with zero attached hydrogens (tertiary/aromatic N) is 2. The number of carbonyl (C=O) groups excluding carboxylic acids is 1. The van der Waals surface area contributed by atoms with E-state index in [9.17, 15) is 4.79 Å². The zero-order valence-electron chi connectivity index (χ0n) is 16.8. The molecule has 3 heterocycles. The molecule has 5 nitrogen and oxygen atoms in total. The Balaban J connectivity index is 1.68. The number of H-pyrrole nitrogens is 1. The van der Waals surface area contributed by atoms with Crippen LogP contribution in [0.25, 0.3) is 10.9 Å². The van der Waals surface area contributed by atoms with E-state index in [1.807, 2.05) is 18.7 Å². The lowest BCUT2D eigenvalue weighted by molar-refractivity contribution is -0.131. The highest BCUT2D eigenvalue weighted by Crippen LogP contribution is 2.37. The Hall–Kier alpha value is -2.56. The highest BCUT2D eigenvalue weighted by atomic mass is 16.5. The minimum Gasteiger partial charge on any atom is -0.361 e. The van der Waals surface area contributed by atoms with Gasteiger partial charge < -0.3 is 14.4 Å². The average Bonchev–Trinajstić information content (AvgIpc) is 3.30. The molecule has 1 aliphatic rings. The van der Waals surface area contributed by atoms with Crippen molar-refractivity contribution in [3.63, 3.8) is 0 Å². The van der Waals surface area contributed by atoms with E-state index in [0.717, 1.165) is 53.2 Å². The summed E-state index contributed by atoms with van der Waals surface area (Å²) >= 11 is 0. The van der Waals surface area contributed by atoms with Crippen molar-refractivity contribution in [1.29, 1.82) is 0 Å². The molecule has 0 unspecified atom stereocenters. The lowest BCUT2D eigenvalue weighted by Gasteiger charge is -2.25. The van der Waals surface area contributed by atoms with E-state index >= 15 is 0 Å². The summed E-state index contributed by atoms with van der Waals surface area (Å²) in [4.78, 5) is 18.8. The fourth-order valence-electron chi connectivity index (χ4n) is 4.62. The zero-order chi connectivity index (χ0) is 19.3. The van der Waals surface area contributed by atoms with E-state index in [4.69, 9.17) is 4.52 Å². The number of carbonyl (C=O) groups is 1. The van der Waals surface area contributed by atoms with Crippen molar-refractivity contribution in [1.82, 2.24) is 15.0 Å². The van der Waals surface area contributed by atoms with Crippen LogP contribution in [0.4, 0.5) is 0 Å². The van der Waals surface area contributed by atoms with E-state index in [2.05, 4.69) is 43.0 Å². The van der Waals surface area contributed by atoms with Gasteiger partial charge in [0.1, 0.15) is 5.76 Å². The van der Waals surface area contributed by atoms with Crippen LogP contribution in [0.1, 0.15) is 58.3 Å². The fourth-order valence-corrected chi connectivity index (χ4v) is 4.62. The Kier molecular flexibility index (Phi) is 4.33. The quantitative estimate of drug-likeness (QED) is 0.737. The molecule has 0 bridgehead atoms. The number of hydrogen-bond donors (Lipinski definition) is 1. The summed E-state index contributed by atoms with van der Waals surface area (Å²) in [5.41, 5.74) is 7.78. The SMILES string of the molecule is Cc1noc(C)c1[C@H]1CCCN1C(=O)Cc1c(C)[nH]c2c(C)ccc(C)c12. The molecule has 5 heteroatoms. The van der Waals surface area contributed by atoms with Crippen molar-refractivity contribution in [3.05, 3.63) is 51.5 Å². The second-order valence-electron chi connectivity index (χ2n) is 7.84. The van der Waals surface area contributed by atoms with Crippen molar-refractivity contribution in [2.24, 2.45) is 0 Å². The lowest BCUT2D eigenvalue weighted by atomic mass is 9.99. The van der Waals surface area contributed by atoms with Crippen molar-refractivity contribution in [2.75, 3.05) is 6.54 Å². The number of aromatic amines is 1. The van der Waals surface area contributed by atoms with Gasteiger partial charge >= 0.3 is 0 Å². The Bertz CT molecular complexity index is 1010. The summed E-state index contributed by atoms with van der Waals surface area (Å²) in [6.45, 7) is 11.0. The largest absolute Gasteiger partial charge is 0.361 e. The second-order valence-corrected chi connectivity index (χ2v) is 7.84. The van der Waals surface area contributed by atoms with Gasteiger partial charge in [-0.2, -0.15) is 0 Å². The summed E-state index contributed by atoms with van der Waals surface area (Å²) < 4.78 is 5.35. The van der Waals surface area contributed by atoms with Crippen LogP contribution in [0, 0.1) is 34.6 Å². The van der Waals surface area contributed by atoms with Crippen LogP contribution in [0.15, 0.2) is 16.7 Å². The molecule has 0 saturated carbocycles. The van der Waals surface area contributed by atoms with E-state index in [1.54, 1.807) is 0 Å². The summed E-state index contributed by atoms with van der Waals surface area (Å²) in [5, 5.41) is 5.29. The third-order valence-corrected chi connectivity index (χ3v) is 6.01. The van der Waals surface area contributed by atoms with Gasteiger partial charge in [-0.1, -0.05) is 17.3 Å². The number of aryl methyl sites for hydroxylation is 5. The molecule has 1 saturated heterocycles. The third kappa shape index (κ3) is 2.85. The lowest BCUT2D eigenvalue weighted by Crippen LogP contribution is -2.32. The number of aromatic nitrogens is 2. The maximum absolute atomic E-state index is 13.3. The predicted molar refractivity (Wildman–Crippen MR) is 106 cm³/mol. The third-order valence-electron chi connectivity index (χ3n) is 6.01. The molecule has 1 aromatic carbocycles. The number of amides is 1. The molecule has 4 rings (SSSR count). The number of likely N-dealkylation sites (tertiary alicyclic amines) is 1. The van der Waals surface area contributed by atoms with Crippen LogP contribution < -0.4 is 0 Å². The Morgan fingerprint density at radius 2 is 1.96 bits per heavy atom. The van der Waals surface area contributed by atoms with Gasteiger partial charge in [0.15, 0.2) is 0 Å². The molecule has 0 spiro atoms. The van der Waals surface area contributed by atoms with Gasteiger partial charge in [0.05, 0.1) is 18.2 Å². The van der Waals surface area contributed by atoms with Crippen molar-refractivity contribution >= 4 is 16.8 Å². The second kappa shape index (κ2) is 6.55. The smallest absolute Gasteiger partial charge is 0.227 e. The molecule has 1 fully saturated rings. The zero-order valence-corrected chi connectivity index (χ0v) is 16.8. The molecule has 1 aliphatic heterocycles. The minimum atomic E-state index is 0.0806. The standard InChI is InChI=1S/C22H27N3O2/c1-12-8-9-13(2)22-20(12)17(14(3)23-22)11-19(26)25-10-6-7-18(25)21-15(4)24-27-16(21)5/h8-9,18,23H,6-7,10-11H2,1-5H3/t18-/m1/s1. The monoisotopic (exact) mass is 365 g/mol. The van der Waals surface area contributed by atoms with Crippen LogP contribution in [0.3, 0.4) is 0 Å². The van der Waals surface area contributed by atoms with Crippen molar-refractivity contribution in [2.45, 2.75) is 59.9 Å². The fraction of sp³-hybridized carbons (Fsp3) is 0.455. The van der Waals surface area contributed by atoms with Crippen LogP contribution in [0.5, 0.6) is 0 Å². The molecule has 27 heavy (non-hydrogen) atoms. The summed E-state index contributed by atoms with van der Waals surface area (Å²) in [7, 11) is 0. The van der Waals surface area contributed by atoms with Crippen molar-refractivity contribution < 1.29 is 9.32 Å². The predicted octanol–water partition coefficient (Wildman–Crippen LogP) is 4.60. The first-order chi connectivity index (χ1) is 12.9. The van der Waals surface area contributed by atoms with Crippen LogP contribution in [0.2, 0.25) is 0 Å². The molecule has 1 amide bonds. The summed E-state index contributed by atoms with van der Waals surface area (Å²) in [6.07, 6.45) is 2.42. The van der Waals surface area contributed by atoms with Gasteiger partial charge in [0, 0.05) is 28.7 Å². The van der Waals surface area contributed by atoms with Gasteiger partial charge in [0.25, 0.3) is 0 Å². The van der Waals surface area contributed by atoms with Crippen LogP contribution >= 0.6 is 0 Å². The average molecular weight is 365 g/mol. The number of hydrogen-bond acceptors (Lipinski definition) is 3.